The van der Waals surface area contributed by atoms with E-state index in [9.17, 15) is 47.5 Å². The van der Waals surface area contributed by atoms with E-state index in [1.54, 1.807) is 0 Å². The third-order valence-electron chi connectivity index (χ3n) is 7.55. The zero-order valence-electron chi connectivity index (χ0n) is 23.5. The first-order valence-corrected chi connectivity index (χ1v) is 15.3. The second-order valence-electron chi connectivity index (χ2n) is 11.3. The summed E-state index contributed by atoms with van der Waals surface area (Å²) in [6, 6.07) is -2.16. The molecule has 4 rings (SSSR count). The highest BCUT2D eigenvalue weighted by Crippen LogP contribution is 3.02. The van der Waals surface area contributed by atoms with Gasteiger partial charge in [0.25, 0.3) is 5.91 Å². The normalized spacial score (nSPS) is 22.6. The van der Waals surface area contributed by atoms with Crippen molar-refractivity contribution in [3.05, 3.63) is 54.1 Å². The molecule has 1 saturated heterocycles. The van der Waals surface area contributed by atoms with E-state index in [0.29, 0.717) is 17.0 Å². The number of carbonyl (C=O) groups excluding carboxylic acids is 2. The van der Waals surface area contributed by atoms with Gasteiger partial charge in [0.1, 0.15) is 22.8 Å². The Morgan fingerprint density at radius 1 is 1.11 bits per heavy atom. The first-order valence-electron chi connectivity index (χ1n) is 13.4. The van der Waals surface area contributed by atoms with Crippen LogP contribution in [0.3, 0.4) is 0 Å². The van der Waals surface area contributed by atoms with Gasteiger partial charge in [-0.25, -0.2) is 13.2 Å². The summed E-state index contributed by atoms with van der Waals surface area (Å²) >= 11 is 0. The maximum absolute atomic E-state index is 14.4. The second-order valence-corrected chi connectivity index (χ2v) is 13.7. The van der Waals surface area contributed by atoms with Crippen LogP contribution in [0.2, 0.25) is 0 Å². The first-order chi connectivity index (χ1) is 20.1. The highest BCUT2D eigenvalue weighted by atomic mass is 32.5. The van der Waals surface area contributed by atoms with Gasteiger partial charge in [-0.1, -0.05) is 19.4 Å². The van der Waals surface area contributed by atoms with E-state index in [1.165, 1.54) is 13.8 Å². The number of nitriles is 1. The van der Waals surface area contributed by atoms with Crippen LogP contribution in [0.25, 0.3) is 0 Å². The molecule has 2 amide bonds. The monoisotopic (exact) mass is 655 g/mol. The number of alkyl halides is 2. The molecule has 1 aliphatic carbocycles. The van der Waals surface area contributed by atoms with Crippen LogP contribution in [0, 0.1) is 17.3 Å². The summed E-state index contributed by atoms with van der Waals surface area (Å²) in [5.74, 6) is -6.01. The minimum atomic E-state index is -10.2. The highest BCUT2D eigenvalue weighted by Gasteiger charge is 2.65. The molecule has 0 spiro atoms. The second kappa shape index (κ2) is 10.8. The lowest BCUT2D eigenvalue weighted by Gasteiger charge is -2.45. The Bertz CT molecular complexity index is 1460. The quantitative estimate of drug-likeness (QED) is 0.267. The Balaban J connectivity index is 1.87. The summed E-state index contributed by atoms with van der Waals surface area (Å²) in [5.41, 5.74) is -2.17. The van der Waals surface area contributed by atoms with Crippen molar-refractivity contribution in [2.45, 2.75) is 74.1 Å². The zero-order chi connectivity index (χ0) is 32.8. The van der Waals surface area contributed by atoms with E-state index in [1.807, 2.05) is 6.19 Å². The van der Waals surface area contributed by atoms with E-state index < -0.39 is 80.9 Å². The molecule has 2 fully saturated rings. The van der Waals surface area contributed by atoms with Crippen molar-refractivity contribution in [1.82, 2.24) is 15.2 Å². The molecule has 0 bridgehead atoms. The third kappa shape index (κ3) is 7.34. The van der Waals surface area contributed by atoms with Crippen molar-refractivity contribution in [1.29, 1.82) is 5.26 Å². The summed E-state index contributed by atoms with van der Waals surface area (Å²) in [5, 5.41) is 12.3. The average molecular weight is 656 g/mol. The number of pyridine rings is 1. The van der Waals surface area contributed by atoms with Crippen LogP contribution in [0.15, 0.2) is 47.6 Å². The van der Waals surface area contributed by atoms with Crippen molar-refractivity contribution in [3.8, 4) is 6.19 Å². The van der Waals surface area contributed by atoms with Gasteiger partial charge in [0.2, 0.25) is 11.8 Å². The topological polar surface area (TPSA) is 98.6 Å². The standard InChI is InChI=1S/C27H29F8N5O3S/c1-26(2)23(39(16-36)11-12-43-26)25(42)40(20-3-5-21(6-4-20)44(31,32,33,34)35)22(17-13-18(28)15-37-14-17)24(41)38-19-7-9-27(29,30)10-8-19/h3-6,13-15,19,22-23H,7-12H2,1-2H3,(H,38,41)/t22?,23-/m0/s1. The Morgan fingerprint density at radius 3 is 2.27 bits per heavy atom. The molecule has 1 unspecified atom stereocenters. The molecule has 1 aromatic carbocycles. The highest BCUT2D eigenvalue weighted by molar-refractivity contribution is 8.45. The van der Waals surface area contributed by atoms with Crippen LogP contribution in [-0.2, 0) is 14.3 Å². The van der Waals surface area contributed by atoms with Gasteiger partial charge in [-0.05, 0) is 57.0 Å². The average Bonchev–Trinajstić information content (AvgIpc) is 2.90. The number of aromatic nitrogens is 1. The van der Waals surface area contributed by atoms with Crippen molar-refractivity contribution >= 4 is 27.7 Å². The number of hydrogen-bond acceptors (Lipinski definition) is 6. The van der Waals surface area contributed by atoms with Gasteiger partial charge in [-0.2, -0.15) is 5.26 Å². The fourth-order valence-corrected chi connectivity index (χ4v) is 6.04. The van der Waals surface area contributed by atoms with Crippen LogP contribution >= 0.6 is 10.2 Å². The minimum absolute atomic E-state index is 0.0208. The van der Waals surface area contributed by atoms with Crippen LogP contribution in [0.4, 0.5) is 38.3 Å². The lowest BCUT2D eigenvalue weighted by molar-refractivity contribution is -0.149. The summed E-state index contributed by atoms with van der Waals surface area (Å²) in [6.07, 6.45) is 2.25. The number of hydrogen-bond donors (Lipinski definition) is 1. The van der Waals surface area contributed by atoms with Gasteiger partial charge in [0, 0.05) is 36.3 Å². The zero-order valence-corrected chi connectivity index (χ0v) is 24.3. The number of halogens is 8. The minimum Gasteiger partial charge on any atom is -0.371 e. The van der Waals surface area contributed by atoms with Crippen LogP contribution in [-0.4, -0.2) is 58.5 Å². The van der Waals surface area contributed by atoms with Gasteiger partial charge < -0.3 is 10.1 Å². The van der Waals surface area contributed by atoms with Crippen LogP contribution in [0.5, 0.6) is 0 Å². The van der Waals surface area contributed by atoms with E-state index >= 15 is 0 Å². The Hall–Kier alpha value is -3.65. The predicted molar refractivity (Wildman–Crippen MR) is 144 cm³/mol. The molecular weight excluding hydrogens is 626 g/mol. The SMILES string of the molecule is CC1(C)OCCN(C#N)[C@H]1C(=O)N(c1ccc(S(F)(F)(F)(F)F)cc1)C(C(=O)NC1CCC(F)(F)CC1)c1cncc(F)c1. The summed E-state index contributed by atoms with van der Waals surface area (Å²) in [7, 11) is -10.2. The molecule has 2 atom stereocenters. The van der Waals surface area contributed by atoms with Gasteiger partial charge >= 0.3 is 10.2 Å². The maximum atomic E-state index is 14.4. The molecule has 8 nitrogen and oxygen atoms in total. The molecule has 2 heterocycles. The van der Waals surface area contributed by atoms with Crippen LogP contribution in [0.1, 0.15) is 51.1 Å². The van der Waals surface area contributed by atoms with Gasteiger partial charge in [-0.15, -0.1) is 0 Å². The molecule has 44 heavy (non-hydrogen) atoms. The largest absolute Gasteiger partial charge is 0.371 e. The molecule has 1 N–H and O–H groups in total. The lowest BCUT2D eigenvalue weighted by Crippen LogP contribution is -2.63. The van der Waals surface area contributed by atoms with Crippen molar-refractivity contribution < 1.29 is 46.9 Å². The van der Waals surface area contributed by atoms with E-state index in [0.717, 1.165) is 23.4 Å². The Kier molecular flexibility index (Phi) is 8.13. The number of carbonyl (C=O) groups is 2. The maximum Gasteiger partial charge on any atom is 0.310 e. The molecule has 2 aliphatic rings. The smallest absolute Gasteiger partial charge is 0.310 e. The number of nitrogens with one attached hydrogen (secondary N) is 1. The van der Waals surface area contributed by atoms with E-state index in [2.05, 4.69) is 10.3 Å². The summed E-state index contributed by atoms with van der Waals surface area (Å²) < 4.78 is 115. The number of amides is 2. The molecule has 1 aromatic heterocycles. The molecule has 0 radical (unpaired) electrons. The van der Waals surface area contributed by atoms with Crippen molar-refractivity contribution in [3.63, 3.8) is 0 Å². The summed E-state index contributed by atoms with van der Waals surface area (Å²) in [6.45, 7) is 2.85. The van der Waals surface area contributed by atoms with Crippen molar-refractivity contribution in [2.24, 2.45) is 0 Å². The van der Waals surface area contributed by atoms with Crippen molar-refractivity contribution in [2.75, 3.05) is 18.1 Å². The molecule has 1 saturated carbocycles. The first kappa shape index (κ1) is 33.2. The molecule has 17 heteroatoms. The number of rotatable bonds is 7. The van der Waals surface area contributed by atoms with Crippen LogP contribution < -0.4 is 10.2 Å². The number of anilines is 1. The number of ether oxygens (including phenoxy) is 1. The van der Waals surface area contributed by atoms with E-state index in [4.69, 9.17) is 4.74 Å². The lowest BCUT2D eigenvalue weighted by atomic mass is 9.91. The predicted octanol–water partition coefficient (Wildman–Crippen LogP) is 6.61. The molecule has 2 aromatic rings. The number of benzene rings is 1. The fourth-order valence-electron chi connectivity index (χ4n) is 5.39. The Labute approximate surface area is 247 Å². The Morgan fingerprint density at radius 2 is 1.73 bits per heavy atom. The molecule has 242 valence electrons. The summed E-state index contributed by atoms with van der Waals surface area (Å²) in [4.78, 5) is 31.4. The fraction of sp³-hybridized carbons (Fsp3) is 0.481. The third-order valence-corrected chi connectivity index (χ3v) is 8.71. The molecule has 1 aliphatic heterocycles. The van der Waals surface area contributed by atoms with Gasteiger partial charge in [-0.3, -0.25) is 24.4 Å². The van der Waals surface area contributed by atoms with Gasteiger partial charge in [0.05, 0.1) is 24.9 Å². The van der Waals surface area contributed by atoms with E-state index in [-0.39, 0.29) is 43.7 Å². The van der Waals surface area contributed by atoms with Gasteiger partial charge in [0.15, 0.2) is 6.19 Å². The molecular formula is C27H29F8N5O3S. The number of nitrogens with zero attached hydrogens (tertiary/aromatic N) is 4. The number of morpholine rings is 1.